The molecule has 1 aromatic rings. The lowest BCUT2D eigenvalue weighted by atomic mass is 10.1. The number of rotatable bonds is 1. The Labute approximate surface area is 98.6 Å². The summed E-state index contributed by atoms with van der Waals surface area (Å²) in [5.41, 5.74) is 1.47. The Kier molecular flexibility index (Phi) is 4.37. The first-order valence-corrected chi connectivity index (χ1v) is 5.22. The van der Waals surface area contributed by atoms with Gasteiger partial charge < -0.3 is 5.11 Å². The van der Waals surface area contributed by atoms with Crippen molar-refractivity contribution >= 4 is 17.5 Å². The first kappa shape index (κ1) is 12.9. The molecule has 0 aliphatic carbocycles. The Morgan fingerprint density at radius 3 is 2.53 bits per heavy atom. The van der Waals surface area contributed by atoms with E-state index in [1.807, 2.05) is 37.1 Å². The standard InChI is InChI=1S/C11H9NO.C2H4O2/c1-2-8-9-5-3-4-6-10(9)12-11(8)7-13;1-2(3)4/h3-6H,2H2,1H3;1H3,(H,3,4). The van der Waals surface area contributed by atoms with Gasteiger partial charge in [0.15, 0.2) is 11.6 Å². The van der Waals surface area contributed by atoms with Crippen molar-refractivity contribution in [2.45, 2.75) is 20.3 Å². The molecular weight excluding hydrogens is 218 g/mol. The van der Waals surface area contributed by atoms with Crippen molar-refractivity contribution in [3.8, 4) is 0 Å². The van der Waals surface area contributed by atoms with E-state index in [0.29, 0.717) is 5.70 Å². The Morgan fingerprint density at radius 1 is 1.41 bits per heavy atom. The SMILES string of the molecule is CC(=O)O.CCC1=c2ccccc2=NC1=C=O. The molecule has 88 valence electrons. The molecule has 2 rings (SSSR count). The Bertz CT molecular complexity index is 591. The molecule has 0 spiro atoms. The number of carbonyl (C=O) groups is 1. The van der Waals surface area contributed by atoms with Crippen LogP contribution in [0.5, 0.6) is 0 Å². The van der Waals surface area contributed by atoms with Crippen LogP contribution in [0.2, 0.25) is 0 Å². The first-order chi connectivity index (χ1) is 8.10. The van der Waals surface area contributed by atoms with Gasteiger partial charge in [0.05, 0.1) is 5.36 Å². The van der Waals surface area contributed by atoms with Crippen LogP contribution in [0.15, 0.2) is 35.0 Å². The topological polar surface area (TPSA) is 66.7 Å². The largest absolute Gasteiger partial charge is 0.481 e. The summed E-state index contributed by atoms with van der Waals surface area (Å²) in [5, 5.41) is 9.38. The monoisotopic (exact) mass is 231 g/mol. The fourth-order valence-corrected chi connectivity index (χ4v) is 1.58. The number of allylic oxidation sites excluding steroid dienone is 1. The average molecular weight is 231 g/mol. The van der Waals surface area contributed by atoms with Crippen LogP contribution < -0.4 is 10.6 Å². The molecule has 0 unspecified atom stereocenters. The summed E-state index contributed by atoms with van der Waals surface area (Å²) in [5.74, 6) is 1.04. The number of fused-ring (bicyclic) bond motifs is 1. The highest BCUT2D eigenvalue weighted by Gasteiger charge is 2.10. The summed E-state index contributed by atoms with van der Waals surface area (Å²) in [4.78, 5) is 23.7. The molecule has 0 bridgehead atoms. The van der Waals surface area contributed by atoms with Crippen molar-refractivity contribution in [1.82, 2.24) is 0 Å². The van der Waals surface area contributed by atoms with E-state index in [2.05, 4.69) is 4.99 Å². The second-order valence-corrected chi connectivity index (χ2v) is 3.43. The van der Waals surface area contributed by atoms with Gasteiger partial charge in [-0.3, -0.25) is 4.79 Å². The summed E-state index contributed by atoms with van der Waals surface area (Å²) < 4.78 is 0. The van der Waals surface area contributed by atoms with Gasteiger partial charge >= 0.3 is 0 Å². The lowest BCUT2D eigenvalue weighted by molar-refractivity contribution is -0.134. The number of carbonyl (C=O) groups excluding carboxylic acids is 1. The smallest absolute Gasteiger partial charge is 0.300 e. The minimum absolute atomic E-state index is 0.462. The van der Waals surface area contributed by atoms with E-state index >= 15 is 0 Å². The van der Waals surface area contributed by atoms with Gasteiger partial charge in [0.2, 0.25) is 0 Å². The minimum atomic E-state index is -0.833. The predicted octanol–water partition coefficient (Wildman–Crippen LogP) is 0.687. The van der Waals surface area contributed by atoms with Gasteiger partial charge in [-0.25, -0.2) is 9.79 Å². The Hall–Kier alpha value is -2.19. The van der Waals surface area contributed by atoms with Crippen molar-refractivity contribution in [2.75, 3.05) is 0 Å². The molecule has 0 radical (unpaired) electrons. The van der Waals surface area contributed by atoms with Gasteiger partial charge in [-0.1, -0.05) is 25.1 Å². The third kappa shape index (κ3) is 3.13. The lowest BCUT2D eigenvalue weighted by Gasteiger charge is -1.92. The third-order valence-electron chi connectivity index (χ3n) is 2.20. The van der Waals surface area contributed by atoms with Crippen LogP contribution in [0, 0.1) is 0 Å². The zero-order valence-corrected chi connectivity index (χ0v) is 9.73. The average Bonchev–Trinajstić information content (AvgIpc) is 2.65. The van der Waals surface area contributed by atoms with Crippen LogP contribution in [-0.4, -0.2) is 17.0 Å². The van der Waals surface area contributed by atoms with Crippen LogP contribution in [0.3, 0.4) is 0 Å². The molecule has 0 aromatic heterocycles. The predicted molar refractivity (Wildman–Crippen MR) is 63.4 cm³/mol. The number of hydrogen-bond donors (Lipinski definition) is 1. The molecule has 1 heterocycles. The van der Waals surface area contributed by atoms with Crippen molar-refractivity contribution in [1.29, 1.82) is 0 Å². The maximum Gasteiger partial charge on any atom is 0.300 e. The molecule has 1 aliphatic rings. The molecule has 4 nitrogen and oxygen atoms in total. The maximum absolute atomic E-state index is 10.6. The highest BCUT2D eigenvalue weighted by molar-refractivity contribution is 5.78. The number of carboxylic acids is 1. The minimum Gasteiger partial charge on any atom is -0.481 e. The van der Waals surface area contributed by atoms with Crippen LogP contribution >= 0.6 is 0 Å². The summed E-state index contributed by atoms with van der Waals surface area (Å²) in [6.45, 7) is 3.10. The van der Waals surface area contributed by atoms with Gasteiger partial charge in [0.1, 0.15) is 0 Å². The van der Waals surface area contributed by atoms with E-state index in [1.54, 1.807) is 0 Å². The summed E-state index contributed by atoms with van der Waals surface area (Å²) >= 11 is 0. The molecule has 0 saturated carbocycles. The number of para-hydroxylation sites is 1. The van der Waals surface area contributed by atoms with Gasteiger partial charge in [-0.2, -0.15) is 0 Å². The second kappa shape index (κ2) is 5.77. The number of hydrogen-bond acceptors (Lipinski definition) is 3. The van der Waals surface area contributed by atoms with Crippen molar-refractivity contribution in [2.24, 2.45) is 4.99 Å². The molecular formula is C13H13NO3. The molecule has 1 aliphatic heterocycles. The van der Waals surface area contributed by atoms with Crippen molar-refractivity contribution in [3.63, 3.8) is 0 Å². The van der Waals surface area contributed by atoms with E-state index in [-0.39, 0.29) is 0 Å². The quantitative estimate of drug-likeness (QED) is 0.723. The van der Waals surface area contributed by atoms with E-state index in [9.17, 15) is 4.79 Å². The van der Waals surface area contributed by atoms with Gasteiger partial charge in [0.25, 0.3) is 5.97 Å². The number of carboxylic acid groups (broad SMARTS) is 1. The zero-order chi connectivity index (χ0) is 12.8. The number of aliphatic carboxylic acids is 1. The molecule has 0 atom stereocenters. The van der Waals surface area contributed by atoms with E-state index in [4.69, 9.17) is 9.90 Å². The number of benzene rings is 1. The first-order valence-electron chi connectivity index (χ1n) is 5.22. The fourth-order valence-electron chi connectivity index (χ4n) is 1.58. The van der Waals surface area contributed by atoms with E-state index < -0.39 is 5.97 Å². The van der Waals surface area contributed by atoms with E-state index in [0.717, 1.165) is 29.5 Å². The van der Waals surface area contributed by atoms with Crippen LogP contribution in [0.25, 0.3) is 5.57 Å². The van der Waals surface area contributed by atoms with Gasteiger partial charge in [-0.15, -0.1) is 0 Å². The molecule has 0 fully saturated rings. The molecule has 0 saturated heterocycles. The lowest BCUT2D eigenvalue weighted by Crippen LogP contribution is -2.21. The Morgan fingerprint density at radius 2 is 2.00 bits per heavy atom. The third-order valence-corrected chi connectivity index (χ3v) is 2.20. The fraction of sp³-hybridized carbons (Fsp3) is 0.231. The van der Waals surface area contributed by atoms with E-state index in [1.165, 1.54) is 0 Å². The summed E-state index contributed by atoms with van der Waals surface area (Å²) in [6, 6.07) is 7.78. The molecule has 1 N–H and O–H groups in total. The highest BCUT2D eigenvalue weighted by atomic mass is 16.4. The van der Waals surface area contributed by atoms with Crippen LogP contribution in [0.4, 0.5) is 0 Å². The normalized spacial score (nSPS) is 11.9. The zero-order valence-electron chi connectivity index (χ0n) is 9.73. The highest BCUT2D eigenvalue weighted by Crippen LogP contribution is 2.13. The maximum atomic E-state index is 10.6. The second-order valence-electron chi connectivity index (χ2n) is 3.43. The molecule has 1 aromatic carbocycles. The summed E-state index contributed by atoms with van der Waals surface area (Å²) in [6.07, 6.45) is 0.824. The molecule has 4 heteroatoms. The molecule has 17 heavy (non-hydrogen) atoms. The number of nitrogens with zero attached hydrogens (tertiary/aromatic N) is 1. The Balaban J connectivity index is 0.000000317. The van der Waals surface area contributed by atoms with Crippen molar-refractivity contribution < 1.29 is 14.7 Å². The van der Waals surface area contributed by atoms with Crippen LogP contribution in [0.1, 0.15) is 20.3 Å². The van der Waals surface area contributed by atoms with Crippen molar-refractivity contribution in [3.05, 3.63) is 40.5 Å². The molecule has 0 amide bonds. The van der Waals surface area contributed by atoms with Gasteiger partial charge in [-0.05, 0) is 18.1 Å². The van der Waals surface area contributed by atoms with Crippen LogP contribution in [-0.2, 0) is 9.59 Å². The summed E-state index contributed by atoms with van der Waals surface area (Å²) in [7, 11) is 0. The van der Waals surface area contributed by atoms with Gasteiger partial charge in [0, 0.05) is 12.1 Å².